The van der Waals surface area contributed by atoms with Crippen LogP contribution in [0.2, 0.25) is 0 Å². The van der Waals surface area contributed by atoms with Crippen LogP contribution in [0.5, 0.6) is 0 Å². The maximum atomic E-state index is 11.9. The summed E-state index contributed by atoms with van der Waals surface area (Å²) in [6, 6.07) is 2.45. The smallest absolute Gasteiger partial charge is 0.410 e. The van der Waals surface area contributed by atoms with E-state index in [2.05, 4.69) is 6.07 Å². The Bertz CT molecular complexity index is 353. The van der Waals surface area contributed by atoms with Gasteiger partial charge >= 0.3 is 6.09 Å². The fourth-order valence-electron chi connectivity index (χ4n) is 2.40. The van der Waals surface area contributed by atoms with E-state index in [0.29, 0.717) is 0 Å². The van der Waals surface area contributed by atoms with Crippen molar-refractivity contribution < 1.29 is 9.53 Å². The van der Waals surface area contributed by atoms with E-state index < -0.39 is 5.60 Å². The van der Waals surface area contributed by atoms with Gasteiger partial charge in [-0.2, -0.15) is 5.26 Å². The van der Waals surface area contributed by atoms with Gasteiger partial charge in [0.05, 0.1) is 17.5 Å². The molecule has 2 aliphatic rings. The number of carbonyl (C=O) groups is 1. The number of nitrogens with zero attached hydrogens (tertiary/aromatic N) is 2. The molecule has 4 nitrogen and oxygen atoms in total. The number of likely N-dealkylation sites (tertiary alicyclic amines) is 1. The number of hydrogen-bond donors (Lipinski definition) is 0. The van der Waals surface area contributed by atoms with Gasteiger partial charge in [0.25, 0.3) is 0 Å². The third-order valence-electron chi connectivity index (χ3n) is 3.28. The molecule has 2 atom stereocenters. The Morgan fingerprint density at radius 1 is 1.56 bits per heavy atom. The first-order valence-electron chi connectivity index (χ1n) is 5.79. The van der Waals surface area contributed by atoms with Gasteiger partial charge in [0.1, 0.15) is 5.60 Å². The lowest BCUT2D eigenvalue weighted by atomic mass is 9.97. The maximum Gasteiger partial charge on any atom is 0.410 e. The highest BCUT2D eigenvalue weighted by atomic mass is 16.6. The van der Waals surface area contributed by atoms with Crippen LogP contribution >= 0.6 is 0 Å². The fraction of sp³-hybridized carbons (Fsp3) is 0.833. The van der Waals surface area contributed by atoms with Crippen LogP contribution in [0.1, 0.15) is 40.0 Å². The number of nitriles is 1. The zero-order valence-corrected chi connectivity index (χ0v) is 10.1. The zero-order valence-electron chi connectivity index (χ0n) is 10.1. The Labute approximate surface area is 96.2 Å². The maximum absolute atomic E-state index is 11.9. The first-order valence-corrected chi connectivity index (χ1v) is 5.79. The van der Waals surface area contributed by atoms with Crippen LogP contribution in [-0.2, 0) is 4.74 Å². The van der Waals surface area contributed by atoms with Crippen LogP contribution in [0.3, 0.4) is 0 Å². The molecule has 0 spiro atoms. The van der Waals surface area contributed by atoms with E-state index in [1.165, 1.54) is 0 Å². The molecule has 1 heterocycles. The molecule has 0 bridgehead atoms. The summed E-state index contributed by atoms with van der Waals surface area (Å²) in [5.74, 6) is 0. The summed E-state index contributed by atoms with van der Waals surface area (Å²) < 4.78 is 5.34. The van der Waals surface area contributed by atoms with Gasteiger partial charge in [-0.05, 0) is 40.0 Å². The summed E-state index contributed by atoms with van der Waals surface area (Å²) in [4.78, 5) is 13.6. The molecule has 4 heteroatoms. The molecular formula is C12H18N2O2. The lowest BCUT2D eigenvalue weighted by molar-refractivity contribution is 0.0176. The molecule has 2 rings (SSSR count). The molecule has 0 aromatic heterocycles. The van der Waals surface area contributed by atoms with E-state index in [4.69, 9.17) is 10.00 Å². The van der Waals surface area contributed by atoms with Crippen LogP contribution in [0, 0.1) is 16.7 Å². The molecule has 16 heavy (non-hydrogen) atoms. The second-order valence-electron chi connectivity index (χ2n) is 5.77. The Morgan fingerprint density at radius 2 is 2.25 bits per heavy atom. The Kier molecular flexibility index (Phi) is 2.37. The van der Waals surface area contributed by atoms with Gasteiger partial charge in [0.2, 0.25) is 0 Å². The second-order valence-corrected chi connectivity index (χ2v) is 5.77. The molecule has 2 unspecified atom stereocenters. The number of amides is 1. The predicted molar refractivity (Wildman–Crippen MR) is 58.6 cm³/mol. The summed E-state index contributed by atoms with van der Waals surface area (Å²) in [6.45, 7) is 6.31. The molecule has 1 aliphatic carbocycles. The van der Waals surface area contributed by atoms with Gasteiger partial charge in [0, 0.05) is 6.54 Å². The van der Waals surface area contributed by atoms with Crippen molar-refractivity contribution in [3.8, 4) is 6.07 Å². The van der Waals surface area contributed by atoms with Gasteiger partial charge in [-0.1, -0.05) is 0 Å². The van der Waals surface area contributed by atoms with E-state index in [1.54, 1.807) is 4.90 Å². The largest absolute Gasteiger partial charge is 0.444 e. The second kappa shape index (κ2) is 3.38. The highest BCUT2D eigenvalue weighted by Crippen LogP contribution is 2.55. The monoisotopic (exact) mass is 222 g/mol. The number of fused-ring (bicyclic) bond motifs is 1. The molecule has 0 N–H and O–H groups in total. The predicted octanol–water partition coefficient (Wildman–Crippen LogP) is 2.30. The van der Waals surface area contributed by atoms with Crippen LogP contribution in [0.4, 0.5) is 4.79 Å². The normalized spacial score (nSPS) is 32.6. The average molecular weight is 222 g/mol. The standard InChI is InChI=1S/C12H18N2O2/c1-11(2,3)16-10(15)14-6-4-5-12(8-13)7-9(12)14/h9H,4-7H2,1-3H3. The third-order valence-corrected chi connectivity index (χ3v) is 3.28. The van der Waals surface area contributed by atoms with E-state index >= 15 is 0 Å². The highest BCUT2D eigenvalue weighted by Gasteiger charge is 2.61. The van der Waals surface area contributed by atoms with Crippen LogP contribution in [-0.4, -0.2) is 29.2 Å². The minimum atomic E-state index is -0.460. The van der Waals surface area contributed by atoms with Crippen molar-refractivity contribution in [1.29, 1.82) is 5.26 Å². The van der Waals surface area contributed by atoms with Gasteiger partial charge in [0.15, 0.2) is 0 Å². The molecular weight excluding hydrogens is 204 g/mol. The van der Waals surface area contributed by atoms with Gasteiger partial charge in [-0.15, -0.1) is 0 Å². The molecule has 0 aromatic rings. The number of hydrogen-bond acceptors (Lipinski definition) is 3. The summed E-state index contributed by atoms with van der Waals surface area (Å²) in [5, 5.41) is 9.10. The Balaban J connectivity index is 2.02. The third kappa shape index (κ3) is 1.87. The Hall–Kier alpha value is -1.24. The molecule has 1 aliphatic heterocycles. The molecule has 0 radical (unpaired) electrons. The lowest BCUT2D eigenvalue weighted by Gasteiger charge is -2.31. The number of rotatable bonds is 0. The zero-order chi connectivity index (χ0) is 12.0. The molecule has 2 fully saturated rings. The van der Waals surface area contributed by atoms with Crippen molar-refractivity contribution >= 4 is 6.09 Å². The number of piperidine rings is 1. The van der Waals surface area contributed by atoms with Gasteiger partial charge in [-0.25, -0.2) is 4.79 Å². The lowest BCUT2D eigenvalue weighted by Crippen LogP contribution is -2.42. The summed E-state index contributed by atoms with van der Waals surface area (Å²) >= 11 is 0. The van der Waals surface area contributed by atoms with Crippen LogP contribution in [0.15, 0.2) is 0 Å². The van der Waals surface area contributed by atoms with Crippen LogP contribution < -0.4 is 0 Å². The van der Waals surface area contributed by atoms with E-state index in [-0.39, 0.29) is 17.6 Å². The Morgan fingerprint density at radius 3 is 2.81 bits per heavy atom. The van der Waals surface area contributed by atoms with E-state index in [9.17, 15) is 4.79 Å². The first kappa shape index (κ1) is 11.3. The molecule has 88 valence electrons. The van der Waals surface area contributed by atoms with Gasteiger partial charge in [-0.3, -0.25) is 0 Å². The van der Waals surface area contributed by atoms with Crippen molar-refractivity contribution in [2.45, 2.75) is 51.7 Å². The average Bonchev–Trinajstić information content (AvgIpc) is 2.89. The molecule has 1 saturated heterocycles. The van der Waals surface area contributed by atoms with Crippen molar-refractivity contribution in [3.05, 3.63) is 0 Å². The SMILES string of the molecule is CC(C)(C)OC(=O)N1CCCC2(C#N)CC12. The highest BCUT2D eigenvalue weighted by molar-refractivity contribution is 5.70. The topological polar surface area (TPSA) is 53.3 Å². The minimum Gasteiger partial charge on any atom is -0.444 e. The van der Waals surface area contributed by atoms with Crippen molar-refractivity contribution in [2.24, 2.45) is 5.41 Å². The van der Waals surface area contributed by atoms with E-state index in [1.807, 2.05) is 20.8 Å². The van der Waals surface area contributed by atoms with Crippen molar-refractivity contribution in [3.63, 3.8) is 0 Å². The van der Waals surface area contributed by atoms with E-state index in [0.717, 1.165) is 25.8 Å². The van der Waals surface area contributed by atoms with Crippen molar-refractivity contribution in [1.82, 2.24) is 4.90 Å². The van der Waals surface area contributed by atoms with Crippen LogP contribution in [0.25, 0.3) is 0 Å². The quantitative estimate of drug-likeness (QED) is 0.632. The van der Waals surface area contributed by atoms with Gasteiger partial charge < -0.3 is 9.64 Å². The summed E-state index contributed by atoms with van der Waals surface area (Å²) in [5.41, 5.74) is -0.714. The minimum absolute atomic E-state index is 0.0982. The molecule has 1 amide bonds. The number of ether oxygens (including phenoxy) is 1. The first-order chi connectivity index (χ1) is 7.38. The summed E-state index contributed by atoms with van der Waals surface area (Å²) in [6.07, 6.45) is 2.38. The molecule has 1 saturated carbocycles. The number of carbonyl (C=O) groups excluding carboxylic acids is 1. The van der Waals surface area contributed by atoms with Crippen molar-refractivity contribution in [2.75, 3.05) is 6.54 Å². The summed E-state index contributed by atoms with van der Waals surface area (Å²) in [7, 11) is 0. The molecule has 0 aromatic carbocycles. The fourth-order valence-corrected chi connectivity index (χ4v) is 2.40.